The van der Waals surface area contributed by atoms with Crippen molar-refractivity contribution in [2.45, 2.75) is 26.0 Å². The van der Waals surface area contributed by atoms with Gasteiger partial charge in [0.15, 0.2) is 0 Å². The van der Waals surface area contributed by atoms with Gasteiger partial charge in [-0.1, -0.05) is 30.3 Å². The fraction of sp³-hybridized carbons (Fsp3) is 0.500. The van der Waals surface area contributed by atoms with Gasteiger partial charge in [0.25, 0.3) is 0 Å². The van der Waals surface area contributed by atoms with E-state index < -0.39 is 17.6 Å². The largest absolute Gasteiger partial charge is 0.466 e. The van der Waals surface area contributed by atoms with Gasteiger partial charge in [-0.15, -0.1) is 0 Å². The Bertz CT molecular complexity index is 513. The predicted molar refractivity (Wildman–Crippen MR) is 79.1 cm³/mol. The summed E-state index contributed by atoms with van der Waals surface area (Å²) in [6.45, 7) is 4.49. The number of carbonyl (C=O) groups is 2. The summed E-state index contributed by atoms with van der Waals surface area (Å²) in [6.07, 6.45) is -0.566. The van der Waals surface area contributed by atoms with Gasteiger partial charge in [-0.2, -0.15) is 0 Å². The lowest BCUT2D eigenvalue weighted by atomic mass is 9.83. The molecule has 0 saturated carbocycles. The molecule has 1 unspecified atom stereocenters. The maximum atomic E-state index is 12.0. The topological polar surface area (TPSA) is 73.9 Å². The number of nitrogens with one attached hydrogen (secondary N) is 1. The van der Waals surface area contributed by atoms with Crippen LogP contribution in [0.5, 0.6) is 0 Å². The molecule has 1 aliphatic heterocycles. The number of ether oxygens (including phenoxy) is 3. The molecular formula is C16H21NO5. The van der Waals surface area contributed by atoms with Crippen LogP contribution in [0.15, 0.2) is 30.3 Å². The van der Waals surface area contributed by atoms with E-state index in [0.29, 0.717) is 6.61 Å². The van der Waals surface area contributed by atoms with Gasteiger partial charge in [0.2, 0.25) is 0 Å². The Labute approximate surface area is 129 Å². The van der Waals surface area contributed by atoms with E-state index in [1.165, 1.54) is 0 Å². The van der Waals surface area contributed by atoms with E-state index >= 15 is 0 Å². The highest BCUT2D eigenvalue weighted by molar-refractivity contribution is 5.76. The van der Waals surface area contributed by atoms with Crippen molar-refractivity contribution >= 4 is 12.1 Å². The van der Waals surface area contributed by atoms with Crippen LogP contribution in [-0.2, 0) is 25.6 Å². The van der Waals surface area contributed by atoms with Gasteiger partial charge in [-0.05, 0) is 19.4 Å². The van der Waals surface area contributed by atoms with Crippen molar-refractivity contribution < 1.29 is 23.8 Å². The molecule has 120 valence electrons. The highest BCUT2D eigenvalue weighted by Crippen LogP contribution is 2.27. The highest BCUT2D eigenvalue weighted by Gasteiger charge is 2.49. The zero-order valence-electron chi connectivity index (χ0n) is 12.8. The Hall–Kier alpha value is -2.08. The van der Waals surface area contributed by atoms with Crippen LogP contribution in [0, 0.1) is 5.92 Å². The van der Waals surface area contributed by atoms with E-state index in [9.17, 15) is 9.59 Å². The molecule has 1 fully saturated rings. The first-order valence-corrected chi connectivity index (χ1v) is 7.30. The van der Waals surface area contributed by atoms with Crippen molar-refractivity contribution in [2.75, 3.05) is 19.8 Å². The van der Waals surface area contributed by atoms with E-state index in [-0.39, 0.29) is 25.8 Å². The molecule has 1 N–H and O–H groups in total. The lowest BCUT2D eigenvalue weighted by molar-refractivity contribution is -0.162. The number of hydrogen-bond acceptors (Lipinski definition) is 5. The maximum Gasteiger partial charge on any atom is 0.408 e. The SMILES string of the molecule is CCOC(=O)C(C)C1(NC(=O)OCc2ccccc2)COC1. The Morgan fingerprint density at radius 1 is 1.27 bits per heavy atom. The predicted octanol–water partition coefficient (Wildman–Crippen LogP) is 1.88. The number of hydrogen-bond donors (Lipinski definition) is 1. The summed E-state index contributed by atoms with van der Waals surface area (Å²) >= 11 is 0. The molecule has 2 rings (SSSR count). The zero-order chi connectivity index (χ0) is 16.0. The quantitative estimate of drug-likeness (QED) is 0.812. The lowest BCUT2D eigenvalue weighted by Crippen LogP contribution is -2.67. The van der Waals surface area contributed by atoms with Crippen LogP contribution in [0.4, 0.5) is 4.79 Å². The molecule has 1 aromatic rings. The van der Waals surface area contributed by atoms with Gasteiger partial charge in [-0.3, -0.25) is 4.79 Å². The number of alkyl carbamates (subject to hydrolysis) is 1. The number of rotatable bonds is 6. The summed E-state index contributed by atoms with van der Waals surface area (Å²) < 4.78 is 15.4. The molecule has 6 nitrogen and oxygen atoms in total. The van der Waals surface area contributed by atoms with Crippen LogP contribution in [0.3, 0.4) is 0 Å². The zero-order valence-corrected chi connectivity index (χ0v) is 12.8. The first kappa shape index (κ1) is 16.3. The van der Waals surface area contributed by atoms with Crippen LogP contribution in [0.1, 0.15) is 19.4 Å². The molecule has 1 heterocycles. The van der Waals surface area contributed by atoms with E-state index in [1.807, 2.05) is 30.3 Å². The van der Waals surface area contributed by atoms with Crippen LogP contribution < -0.4 is 5.32 Å². The lowest BCUT2D eigenvalue weighted by Gasteiger charge is -2.44. The molecule has 22 heavy (non-hydrogen) atoms. The summed E-state index contributed by atoms with van der Waals surface area (Å²) in [5, 5.41) is 2.75. The summed E-state index contributed by atoms with van der Waals surface area (Å²) in [4.78, 5) is 23.8. The van der Waals surface area contributed by atoms with Crippen LogP contribution in [0.2, 0.25) is 0 Å². The minimum Gasteiger partial charge on any atom is -0.466 e. The van der Waals surface area contributed by atoms with Gasteiger partial charge in [0, 0.05) is 0 Å². The second kappa shape index (κ2) is 7.26. The average molecular weight is 307 g/mol. The minimum atomic E-state index is -0.750. The Kier molecular flexibility index (Phi) is 5.38. The molecule has 0 aliphatic carbocycles. The normalized spacial score (nSPS) is 17.0. The molecule has 0 radical (unpaired) electrons. The third-order valence-corrected chi connectivity index (χ3v) is 3.75. The fourth-order valence-electron chi connectivity index (χ4n) is 2.21. The van der Waals surface area contributed by atoms with Crippen LogP contribution >= 0.6 is 0 Å². The second-order valence-corrected chi connectivity index (χ2v) is 5.31. The van der Waals surface area contributed by atoms with Gasteiger partial charge < -0.3 is 19.5 Å². The van der Waals surface area contributed by atoms with E-state index in [2.05, 4.69) is 5.32 Å². The molecule has 0 spiro atoms. The fourth-order valence-corrected chi connectivity index (χ4v) is 2.21. The third-order valence-electron chi connectivity index (χ3n) is 3.75. The minimum absolute atomic E-state index is 0.178. The van der Waals surface area contributed by atoms with Crippen molar-refractivity contribution in [1.29, 1.82) is 0 Å². The van der Waals surface area contributed by atoms with Crippen LogP contribution in [-0.4, -0.2) is 37.4 Å². The van der Waals surface area contributed by atoms with Gasteiger partial charge in [-0.25, -0.2) is 4.79 Å². The molecule has 1 aliphatic rings. The van der Waals surface area contributed by atoms with Crippen molar-refractivity contribution in [3.8, 4) is 0 Å². The molecule has 0 aromatic heterocycles. The first-order chi connectivity index (χ1) is 10.6. The number of carbonyl (C=O) groups excluding carboxylic acids is 2. The van der Waals surface area contributed by atoms with E-state index in [1.54, 1.807) is 13.8 Å². The smallest absolute Gasteiger partial charge is 0.408 e. The molecule has 0 bridgehead atoms. The van der Waals surface area contributed by atoms with Gasteiger partial charge in [0.1, 0.15) is 12.1 Å². The molecular weight excluding hydrogens is 286 g/mol. The molecule has 1 amide bonds. The summed E-state index contributed by atoms with van der Waals surface area (Å²) in [5.41, 5.74) is 0.148. The molecule has 6 heteroatoms. The second-order valence-electron chi connectivity index (χ2n) is 5.31. The van der Waals surface area contributed by atoms with Crippen molar-refractivity contribution in [2.24, 2.45) is 5.92 Å². The monoisotopic (exact) mass is 307 g/mol. The number of benzene rings is 1. The first-order valence-electron chi connectivity index (χ1n) is 7.30. The summed E-state index contributed by atoms with van der Waals surface area (Å²) in [5.74, 6) is -0.848. The number of amides is 1. The Morgan fingerprint density at radius 3 is 2.50 bits per heavy atom. The number of esters is 1. The standard InChI is InChI=1S/C16H21NO5/c1-3-21-14(18)12(2)16(10-20-11-16)17-15(19)22-9-13-7-5-4-6-8-13/h4-8,12H,3,9-11H2,1-2H3,(H,17,19). The third kappa shape index (κ3) is 3.76. The van der Waals surface area contributed by atoms with E-state index in [0.717, 1.165) is 5.56 Å². The van der Waals surface area contributed by atoms with Crippen molar-refractivity contribution in [1.82, 2.24) is 5.32 Å². The van der Waals surface area contributed by atoms with Crippen molar-refractivity contribution in [3.05, 3.63) is 35.9 Å². The molecule has 1 saturated heterocycles. The average Bonchev–Trinajstić information content (AvgIpc) is 2.49. The highest BCUT2D eigenvalue weighted by atomic mass is 16.6. The Balaban J connectivity index is 1.89. The summed E-state index contributed by atoms with van der Waals surface area (Å²) in [7, 11) is 0. The van der Waals surface area contributed by atoms with E-state index in [4.69, 9.17) is 14.2 Å². The Morgan fingerprint density at radius 2 is 1.95 bits per heavy atom. The maximum absolute atomic E-state index is 12.0. The molecule has 1 aromatic carbocycles. The molecule has 1 atom stereocenters. The van der Waals surface area contributed by atoms with Gasteiger partial charge in [0.05, 0.1) is 25.7 Å². The summed E-state index contributed by atoms with van der Waals surface area (Å²) in [6, 6.07) is 9.39. The van der Waals surface area contributed by atoms with Crippen molar-refractivity contribution in [3.63, 3.8) is 0 Å². The van der Waals surface area contributed by atoms with Gasteiger partial charge >= 0.3 is 12.1 Å². The van der Waals surface area contributed by atoms with Crippen LogP contribution in [0.25, 0.3) is 0 Å².